The molecular formula is C30H41BNO3+. The Morgan fingerprint density at radius 2 is 1.60 bits per heavy atom. The van der Waals surface area contributed by atoms with E-state index in [-0.39, 0.29) is 42.4 Å². The molecule has 6 rings (SSSR count). The maximum Gasteiger partial charge on any atom is 0.461 e. The summed E-state index contributed by atoms with van der Waals surface area (Å²) >= 11 is 0. The first-order valence-corrected chi connectivity index (χ1v) is 13.5. The smallest absolute Gasteiger partial charge is 0.405 e. The monoisotopic (exact) mass is 474 g/mol. The molecule has 1 saturated heterocycles. The summed E-state index contributed by atoms with van der Waals surface area (Å²) in [4.78, 5) is 13.4. The van der Waals surface area contributed by atoms with Crippen molar-refractivity contribution < 1.29 is 19.8 Å². The van der Waals surface area contributed by atoms with Crippen LogP contribution in [0.3, 0.4) is 0 Å². The molecule has 2 aromatic carbocycles. The minimum atomic E-state index is -0.265. The third-order valence-corrected chi connectivity index (χ3v) is 9.73. The van der Waals surface area contributed by atoms with Gasteiger partial charge in [-0.15, -0.1) is 0 Å². The van der Waals surface area contributed by atoms with Crippen molar-refractivity contribution >= 4 is 12.9 Å². The Bertz CT molecular complexity index is 1030. The first kappa shape index (κ1) is 24.7. The van der Waals surface area contributed by atoms with E-state index in [1.165, 1.54) is 12.0 Å². The van der Waals surface area contributed by atoms with Crippen LogP contribution in [0, 0.1) is 23.2 Å². The fourth-order valence-electron chi connectivity index (χ4n) is 7.15. The highest BCUT2D eigenvalue weighted by molar-refractivity contribution is 6.47. The van der Waals surface area contributed by atoms with Gasteiger partial charge >= 0.3 is 7.12 Å². The van der Waals surface area contributed by atoms with Crippen LogP contribution in [0.4, 0.5) is 0 Å². The van der Waals surface area contributed by atoms with Crippen molar-refractivity contribution in [1.29, 1.82) is 0 Å². The summed E-state index contributed by atoms with van der Waals surface area (Å²) in [6.07, 6.45) is 4.52. The summed E-state index contributed by atoms with van der Waals surface area (Å²) in [5.41, 5.74) is 6.76. The van der Waals surface area contributed by atoms with Gasteiger partial charge in [-0.2, -0.15) is 0 Å². The van der Waals surface area contributed by atoms with E-state index in [1.807, 2.05) is 24.3 Å². The second kappa shape index (κ2) is 9.50. The highest BCUT2D eigenvalue weighted by Crippen LogP contribution is 2.66. The van der Waals surface area contributed by atoms with Crippen molar-refractivity contribution in [3.05, 3.63) is 71.8 Å². The predicted molar refractivity (Wildman–Crippen MR) is 140 cm³/mol. The summed E-state index contributed by atoms with van der Waals surface area (Å²) in [5, 5.41) is 0. The number of quaternary nitrogens is 1. The Labute approximate surface area is 211 Å². The summed E-state index contributed by atoms with van der Waals surface area (Å²) in [6, 6.07) is 20.5. The van der Waals surface area contributed by atoms with Crippen molar-refractivity contribution in [3.8, 4) is 0 Å². The molecule has 2 bridgehead atoms. The van der Waals surface area contributed by atoms with Crippen LogP contribution < -0.4 is 5.73 Å². The lowest BCUT2D eigenvalue weighted by Gasteiger charge is -2.64. The number of hydrogen-bond acceptors (Lipinski definition) is 3. The molecule has 0 radical (unpaired) electrons. The Balaban J connectivity index is 1.31. The molecule has 1 aliphatic heterocycles. The molecule has 3 N–H and O–H groups in total. The van der Waals surface area contributed by atoms with E-state index in [2.05, 4.69) is 69.8 Å². The van der Waals surface area contributed by atoms with Crippen LogP contribution in [0.5, 0.6) is 0 Å². The molecule has 186 valence electrons. The summed E-state index contributed by atoms with van der Waals surface area (Å²) in [7, 11) is -0.265. The average molecular weight is 474 g/mol. The van der Waals surface area contributed by atoms with Crippen LogP contribution in [0.25, 0.3) is 0 Å². The van der Waals surface area contributed by atoms with E-state index in [1.54, 1.807) is 0 Å². The first-order chi connectivity index (χ1) is 16.7. The van der Waals surface area contributed by atoms with Crippen LogP contribution in [0.15, 0.2) is 60.7 Å². The highest BCUT2D eigenvalue weighted by Gasteiger charge is 2.68. The van der Waals surface area contributed by atoms with Crippen molar-refractivity contribution in [2.24, 2.45) is 23.2 Å². The molecule has 0 amide bonds. The standard InChI is InChI=1S/C30H40BNO3/c1-20(31-34-28-19-24-18-27(29(24,2)3)30(28,4)35-31)23(15-21-11-7-5-8-12-21)17-26(33)25(32)16-22-13-9-6-10-14-22/h5-14,20,23-25,27-28H,15-19,32H2,1-4H3/p+1/t20-,23+,24?,25+,27?,28?,30-/m1/s1. The summed E-state index contributed by atoms with van der Waals surface area (Å²) in [6.45, 7) is 9.28. The van der Waals surface area contributed by atoms with Crippen LogP contribution in [-0.4, -0.2) is 30.6 Å². The van der Waals surface area contributed by atoms with Crippen LogP contribution in [-0.2, 0) is 26.9 Å². The average Bonchev–Trinajstić information content (AvgIpc) is 3.21. The van der Waals surface area contributed by atoms with Crippen LogP contribution in [0.1, 0.15) is 58.1 Å². The van der Waals surface area contributed by atoms with Gasteiger partial charge in [0.1, 0.15) is 6.04 Å². The minimum absolute atomic E-state index is 0.116. The van der Waals surface area contributed by atoms with Gasteiger partial charge in [0.2, 0.25) is 0 Å². The summed E-state index contributed by atoms with van der Waals surface area (Å²) < 4.78 is 13.4. The third-order valence-electron chi connectivity index (χ3n) is 9.73. The zero-order valence-corrected chi connectivity index (χ0v) is 21.8. The fourth-order valence-corrected chi connectivity index (χ4v) is 7.15. The van der Waals surface area contributed by atoms with E-state index in [0.717, 1.165) is 24.3 Å². The third kappa shape index (κ3) is 4.63. The lowest BCUT2D eigenvalue weighted by Crippen LogP contribution is -2.66. The Morgan fingerprint density at radius 3 is 2.20 bits per heavy atom. The molecule has 4 nitrogen and oxygen atoms in total. The van der Waals surface area contributed by atoms with Crippen molar-refractivity contribution in [2.75, 3.05) is 0 Å². The summed E-state index contributed by atoms with van der Waals surface area (Å²) in [5.74, 6) is 1.76. The first-order valence-electron chi connectivity index (χ1n) is 13.5. The SMILES string of the molecule is C[C@@H](B1OC2CC3CC(C3(C)C)[C@@]2(C)O1)[C@H](CC(=O)[C@@H]([NH3+])Cc1ccccc1)Cc1ccccc1. The quantitative estimate of drug-likeness (QED) is 0.533. The molecule has 35 heavy (non-hydrogen) atoms. The Kier molecular flexibility index (Phi) is 6.71. The molecule has 7 atom stereocenters. The fraction of sp³-hybridized carbons (Fsp3) is 0.567. The van der Waals surface area contributed by atoms with Crippen molar-refractivity contribution in [1.82, 2.24) is 0 Å². The zero-order valence-electron chi connectivity index (χ0n) is 21.8. The molecule has 3 aliphatic carbocycles. The van der Waals surface area contributed by atoms with Crippen LogP contribution in [0.2, 0.25) is 5.82 Å². The lowest BCUT2D eigenvalue weighted by atomic mass is 9.43. The van der Waals surface area contributed by atoms with E-state index in [4.69, 9.17) is 9.31 Å². The molecule has 3 saturated carbocycles. The maximum absolute atomic E-state index is 13.4. The van der Waals surface area contributed by atoms with Crippen molar-refractivity contribution in [2.45, 2.75) is 83.4 Å². The molecule has 4 fully saturated rings. The Hall–Kier alpha value is -1.95. The molecule has 3 unspecified atom stereocenters. The zero-order chi connectivity index (χ0) is 24.8. The predicted octanol–water partition coefficient (Wildman–Crippen LogP) is 4.78. The van der Waals surface area contributed by atoms with Gasteiger partial charge in [-0.05, 0) is 66.3 Å². The van der Waals surface area contributed by atoms with Gasteiger partial charge in [-0.3, -0.25) is 4.79 Å². The number of carbonyl (C=O) groups is 1. The van der Waals surface area contributed by atoms with Gasteiger partial charge in [-0.1, -0.05) is 81.4 Å². The van der Waals surface area contributed by atoms with Gasteiger partial charge in [0.05, 0.1) is 11.7 Å². The minimum Gasteiger partial charge on any atom is -0.405 e. The maximum atomic E-state index is 13.4. The molecule has 2 aromatic rings. The van der Waals surface area contributed by atoms with E-state index < -0.39 is 0 Å². The molecule has 4 aliphatic rings. The van der Waals surface area contributed by atoms with Gasteiger partial charge in [0.25, 0.3) is 0 Å². The molecular weight excluding hydrogens is 433 g/mol. The van der Waals surface area contributed by atoms with E-state index in [9.17, 15) is 4.79 Å². The number of hydrogen-bond donors (Lipinski definition) is 1. The van der Waals surface area contributed by atoms with Crippen LogP contribution >= 0.6 is 0 Å². The highest BCUT2D eigenvalue weighted by atomic mass is 16.7. The number of ketones is 1. The molecule has 1 heterocycles. The van der Waals surface area contributed by atoms with Gasteiger partial charge in [0.15, 0.2) is 5.78 Å². The Morgan fingerprint density at radius 1 is 1.00 bits per heavy atom. The topological polar surface area (TPSA) is 63.2 Å². The lowest BCUT2D eigenvalue weighted by molar-refractivity contribution is -0.402. The second-order valence-electron chi connectivity index (χ2n) is 12.2. The molecule has 0 aromatic heterocycles. The molecule has 5 heteroatoms. The van der Waals surface area contributed by atoms with E-state index in [0.29, 0.717) is 24.2 Å². The molecule has 0 spiro atoms. The number of Topliss-reactive ketones (excluding diaryl/α,β-unsaturated/α-hetero) is 1. The van der Waals surface area contributed by atoms with Gasteiger partial charge < -0.3 is 15.0 Å². The van der Waals surface area contributed by atoms with Gasteiger partial charge in [0, 0.05) is 12.8 Å². The second-order valence-corrected chi connectivity index (χ2v) is 12.2. The normalized spacial score (nSPS) is 31.2. The number of rotatable bonds is 9. The largest absolute Gasteiger partial charge is 0.461 e. The van der Waals surface area contributed by atoms with E-state index >= 15 is 0 Å². The van der Waals surface area contributed by atoms with Crippen molar-refractivity contribution in [3.63, 3.8) is 0 Å². The van der Waals surface area contributed by atoms with Gasteiger partial charge in [-0.25, -0.2) is 0 Å². The number of carbonyl (C=O) groups excluding carboxylic acids is 1. The number of benzene rings is 2.